The van der Waals surface area contributed by atoms with E-state index in [4.69, 9.17) is 5.11 Å². The first-order chi connectivity index (χ1) is 7.34. The first-order valence-electron chi connectivity index (χ1n) is 3.93. The van der Waals surface area contributed by atoms with Gasteiger partial charge in [0.05, 0.1) is 0 Å². The number of hydrogen-bond donors (Lipinski definition) is 1. The molecule has 0 heterocycles. The molecule has 0 saturated heterocycles. The van der Waals surface area contributed by atoms with Crippen molar-refractivity contribution in [3.8, 4) is 5.75 Å². The predicted octanol–water partition coefficient (Wildman–Crippen LogP) is 1.73. The van der Waals surface area contributed by atoms with Crippen LogP contribution in [0.3, 0.4) is 0 Å². The third-order valence-electron chi connectivity index (χ3n) is 1.59. The lowest BCUT2D eigenvalue weighted by Crippen LogP contribution is -2.11. The maximum absolute atomic E-state index is 13.3. The maximum Gasteiger partial charge on any atom is 0.338 e. The molecule has 0 aromatic heterocycles. The zero-order chi connectivity index (χ0) is 12.5. The monoisotopic (exact) mass is 234 g/mol. The summed E-state index contributed by atoms with van der Waals surface area (Å²) in [5, 5.41) is 8.47. The third kappa shape index (κ3) is 2.13. The van der Waals surface area contributed by atoms with Gasteiger partial charge in [-0.05, 0) is 6.07 Å². The van der Waals surface area contributed by atoms with Gasteiger partial charge in [-0.15, -0.1) is 0 Å². The van der Waals surface area contributed by atoms with E-state index in [9.17, 15) is 22.8 Å². The minimum atomic E-state index is -1.80. The molecule has 0 spiro atoms. The fourth-order valence-corrected chi connectivity index (χ4v) is 0.970. The summed E-state index contributed by atoms with van der Waals surface area (Å²) in [7, 11) is 0. The normalized spacial score (nSPS) is 10.0. The van der Waals surface area contributed by atoms with Crippen LogP contribution < -0.4 is 4.74 Å². The van der Waals surface area contributed by atoms with Gasteiger partial charge in [-0.3, -0.25) is 4.79 Å². The van der Waals surface area contributed by atoms with Gasteiger partial charge in [-0.1, -0.05) is 0 Å². The molecule has 0 fully saturated rings. The Hall–Kier alpha value is -2.05. The number of carboxylic acid groups (broad SMARTS) is 1. The molecule has 0 amide bonds. The van der Waals surface area contributed by atoms with Crippen LogP contribution >= 0.6 is 0 Å². The molecular formula is C9H5F3O4. The second kappa shape index (κ2) is 4.21. The molecular weight excluding hydrogens is 229 g/mol. The topological polar surface area (TPSA) is 63.6 Å². The molecule has 16 heavy (non-hydrogen) atoms. The van der Waals surface area contributed by atoms with Crippen LogP contribution in [0.1, 0.15) is 17.3 Å². The quantitative estimate of drug-likeness (QED) is 0.480. The van der Waals surface area contributed by atoms with Gasteiger partial charge in [0.15, 0.2) is 11.6 Å². The Labute approximate surface area is 87.3 Å². The van der Waals surface area contributed by atoms with Crippen molar-refractivity contribution < 1.29 is 32.6 Å². The predicted molar refractivity (Wildman–Crippen MR) is 44.6 cm³/mol. The molecule has 0 unspecified atom stereocenters. The lowest BCUT2D eigenvalue weighted by molar-refractivity contribution is -0.132. The number of esters is 1. The SMILES string of the molecule is CC(=O)Oc1c(F)c(F)cc(C(=O)O)c1F. The van der Waals surface area contributed by atoms with Crippen molar-refractivity contribution in [1.82, 2.24) is 0 Å². The summed E-state index contributed by atoms with van der Waals surface area (Å²) in [6.07, 6.45) is 0. The number of ether oxygens (including phenoxy) is 1. The van der Waals surface area contributed by atoms with Gasteiger partial charge in [-0.25, -0.2) is 13.6 Å². The van der Waals surface area contributed by atoms with Crippen LogP contribution in [-0.2, 0) is 4.79 Å². The van der Waals surface area contributed by atoms with Crippen molar-refractivity contribution >= 4 is 11.9 Å². The van der Waals surface area contributed by atoms with Crippen molar-refractivity contribution in [1.29, 1.82) is 0 Å². The molecule has 0 aliphatic carbocycles. The molecule has 0 radical (unpaired) electrons. The molecule has 1 rings (SSSR count). The van der Waals surface area contributed by atoms with Gasteiger partial charge < -0.3 is 9.84 Å². The van der Waals surface area contributed by atoms with Crippen LogP contribution in [0.25, 0.3) is 0 Å². The molecule has 86 valence electrons. The zero-order valence-electron chi connectivity index (χ0n) is 7.88. The summed E-state index contributed by atoms with van der Waals surface area (Å²) in [5.41, 5.74) is -1.12. The number of carbonyl (C=O) groups excluding carboxylic acids is 1. The highest BCUT2D eigenvalue weighted by Crippen LogP contribution is 2.27. The number of carbonyl (C=O) groups is 2. The van der Waals surface area contributed by atoms with Crippen molar-refractivity contribution in [2.24, 2.45) is 0 Å². The number of rotatable bonds is 2. The fourth-order valence-electron chi connectivity index (χ4n) is 0.970. The van der Waals surface area contributed by atoms with Gasteiger partial charge in [-0.2, -0.15) is 4.39 Å². The van der Waals surface area contributed by atoms with Crippen molar-refractivity contribution in [2.45, 2.75) is 6.92 Å². The van der Waals surface area contributed by atoms with Crippen molar-refractivity contribution in [2.75, 3.05) is 0 Å². The number of aromatic carboxylic acids is 1. The smallest absolute Gasteiger partial charge is 0.338 e. The van der Waals surface area contributed by atoms with Crippen LogP contribution in [0.15, 0.2) is 6.07 Å². The summed E-state index contributed by atoms with van der Waals surface area (Å²) in [6.45, 7) is 0.838. The van der Waals surface area contributed by atoms with Gasteiger partial charge in [0.2, 0.25) is 11.6 Å². The Bertz CT molecular complexity index is 470. The lowest BCUT2D eigenvalue weighted by Gasteiger charge is -2.07. The largest absolute Gasteiger partial charge is 0.478 e. The molecule has 1 aromatic carbocycles. The standard InChI is InChI=1S/C9H5F3O4/c1-3(13)16-8-6(11)4(9(14)15)2-5(10)7(8)12/h2H,1H3,(H,14,15). The number of hydrogen-bond acceptors (Lipinski definition) is 3. The van der Waals surface area contributed by atoms with E-state index in [1.54, 1.807) is 0 Å². The molecule has 1 N–H and O–H groups in total. The second-order valence-corrected chi connectivity index (χ2v) is 2.76. The van der Waals surface area contributed by atoms with Gasteiger partial charge >= 0.3 is 11.9 Å². The molecule has 0 atom stereocenters. The zero-order valence-corrected chi connectivity index (χ0v) is 7.88. The molecule has 7 heteroatoms. The van der Waals surface area contributed by atoms with E-state index >= 15 is 0 Å². The van der Waals surface area contributed by atoms with Crippen LogP contribution in [-0.4, -0.2) is 17.0 Å². The Kier molecular flexibility index (Phi) is 3.17. The molecule has 0 aliphatic rings. The van der Waals surface area contributed by atoms with Crippen LogP contribution in [0.2, 0.25) is 0 Å². The second-order valence-electron chi connectivity index (χ2n) is 2.76. The minimum absolute atomic E-state index is 0.167. The fraction of sp³-hybridized carbons (Fsp3) is 0.111. The summed E-state index contributed by atoms with van der Waals surface area (Å²) < 4.78 is 43.1. The lowest BCUT2D eigenvalue weighted by atomic mass is 10.2. The van der Waals surface area contributed by atoms with E-state index in [-0.39, 0.29) is 6.07 Å². The highest BCUT2D eigenvalue weighted by molar-refractivity contribution is 5.88. The number of benzene rings is 1. The van der Waals surface area contributed by atoms with Gasteiger partial charge in [0.1, 0.15) is 5.56 Å². The van der Waals surface area contributed by atoms with E-state index in [1.165, 1.54) is 0 Å². The highest BCUT2D eigenvalue weighted by atomic mass is 19.2. The van der Waals surface area contributed by atoms with E-state index < -0.39 is 40.7 Å². The molecule has 0 bridgehead atoms. The highest BCUT2D eigenvalue weighted by Gasteiger charge is 2.24. The Balaban J connectivity index is 3.45. The summed E-state index contributed by atoms with van der Waals surface area (Å²) in [5.74, 6) is -9.26. The molecule has 1 aromatic rings. The average molecular weight is 234 g/mol. The Morgan fingerprint density at radius 1 is 1.25 bits per heavy atom. The summed E-state index contributed by atoms with van der Waals surface area (Å²) in [4.78, 5) is 20.9. The maximum atomic E-state index is 13.3. The van der Waals surface area contributed by atoms with E-state index in [1.807, 2.05) is 0 Å². The molecule has 0 saturated carbocycles. The Morgan fingerprint density at radius 2 is 1.81 bits per heavy atom. The third-order valence-corrected chi connectivity index (χ3v) is 1.59. The molecule has 0 aliphatic heterocycles. The van der Waals surface area contributed by atoms with Crippen LogP contribution in [0.4, 0.5) is 13.2 Å². The minimum Gasteiger partial charge on any atom is -0.478 e. The van der Waals surface area contributed by atoms with E-state index in [2.05, 4.69) is 4.74 Å². The van der Waals surface area contributed by atoms with Gasteiger partial charge in [0.25, 0.3) is 0 Å². The summed E-state index contributed by atoms with van der Waals surface area (Å²) >= 11 is 0. The van der Waals surface area contributed by atoms with Crippen molar-refractivity contribution in [3.05, 3.63) is 29.1 Å². The first kappa shape index (κ1) is 12.0. The van der Waals surface area contributed by atoms with E-state index in [0.29, 0.717) is 0 Å². The first-order valence-corrected chi connectivity index (χ1v) is 3.93. The number of halogens is 3. The van der Waals surface area contributed by atoms with Crippen molar-refractivity contribution in [3.63, 3.8) is 0 Å². The van der Waals surface area contributed by atoms with Gasteiger partial charge in [0, 0.05) is 6.92 Å². The summed E-state index contributed by atoms with van der Waals surface area (Å²) in [6, 6.07) is 0.167. The number of carboxylic acids is 1. The molecule has 4 nitrogen and oxygen atoms in total. The van der Waals surface area contributed by atoms with Crippen LogP contribution in [0, 0.1) is 17.5 Å². The Morgan fingerprint density at radius 3 is 2.25 bits per heavy atom. The van der Waals surface area contributed by atoms with Crippen LogP contribution in [0.5, 0.6) is 5.75 Å². The van der Waals surface area contributed by atoms with E-state index in [0.717, 1.165) is 6.92 Å². The average Bonchev–Trinajstić information content (AvgIpc) is 2.17.